The summed E-state index contributed by atoms with van der Waals surface area (Å²) in [5.41, 5.74) is 4.32. The Morgan fingerprint density at radius 1 is 0.929 bits per heavy atom. The van der Waals surface area contributed by atoms with E-state index in [0.29, 0.717) is 39.5 Å². The van der Waals surface area contributed by atoms with Gasteiger partial charge in [0.15, 0.2) is 0 Å². The van der Waals surface area contributed by atoms with Crippen LogP contribution in [0.15, 0.2) is 23.8 Å². The lowest BCUT2D eigenvalue weighted by atomic mass is 9.47. The smallest absolute Gasteiger partial charge is 0.302 e. The maximum absolute atomic E-state index is 11.6. The van der Waals surface area contributed by atoms with Crippen LogP contribution >= 0.6 is 0 Å². The molecule has 0 spiro atoms. The second-order valence-corrected chi connectivity index (χ2v) is 22.4. The van der Waals surface area contributed by atoms with E-state index in [9.17, 15) is 4.79 Å². The van der Waals surface area contributed by atoms with Crippen molar-refractivity contribution in [3.8, 4) is 0 Å². The van der Waals surface area contributed by atoms with E-state index >= 15 is 0 Å². The zero-order valence-corrected chi connectivity index (χ0v) is 29.9. The summed E-state index contributed by atoms with van der Waals surface area (Å²) in [5.74, 6) is 4.53. The van der Waals surface area contributed by atoms with Gasteiger partial charge in [0.1, 0.15) is 6.10 Å². The minimum Gasteiger partial charge on any atom is -0.462 e. The van der Waals surface area contributed by atoms with E-state index in [4.69, 9.17) is 9.16 Å². The number of carbonyl (C=O) groups is 1. The SMILES string of the molecule is CC(=O)O[C@H]1CC[C@@]2(C)C(=CC[C@H]3[C@@H]4CC[C@H]([C@H](C)C[C@H]5C=CC[C@@H]5O[Si](C(C)C)(C(C)C)C(C)C)[C@@]4(C)CC[C@@H]32)C1. The van der Waals surface area contributed by atoms with Crippen LogP contribution in [0.3, 0.4) is 0 Å². The molecule has 0 unspecified atom stereocenters. The Hall–Kier alpha value is -0.873. The van der Waals surface area contributed by atoms with E-state index in [2.05, 4.69) is 80.5 Å². The van der Waals surface area contributed by atoms with Crippen LogP contribution in [-0.4, -0.2) is 26.5 Å². The Bertz CT molecular complexity index is 1020. The lowest BCUT2D eigenvalue weighted by Gasteiger charge is -2.58. The predicted octanol–water partition coefficient (Wildman–Crippen LogP) is 10.7. The van der Waals surface area contributed by atoms with E-state index in [0.717, 1.165) is 48.9 Å². The van der Waals surface area contributed by atoms with Gasteiger partial charge in [-0.2, -0.15) is 0 Å². The molecule has 5 aliphatic carbocycles. The third-order valence-electron chi connectivity index (χ3n) is 14.1. The van der Waals surface area contributed by atoms with Gasteiger partial charge in [-0.25, -0.2) is 0 Å². The molecule has 42 heavy (non-hydrogen) atoms. The molecule has 0 radical (unpaired) electrons. The summed E-state index contributed by atoms with van der Waals surface area (Å²) in [5, 5.41) is 0. The first kappa shape index (κ1) is 32.5. The van der Waals surface area contributed by atoms with Crippen LogP contribution < -0.4 is 0 Å². The molecule has 5 aliphatic rings. The van der Waals surface area contributed by atoms with Crippen molar-refractivity contribution < 1.29 is 14.0 Å². The standard InChI is InChI=1S/C38H64O3Si/c1-24(2)42(25(3)4,26(5)6)41-36-13-11-12-29(36)22-27(7)33-16-17-34-32-15-14-30-23-31(40-28(8)39)18-20-37(30,9)35(32)19-21-38(33,34)10/h11-12,14,24-27,29,31-36H,13,15-23H2,1-10H3/t27-,29-,31+,32+,33-,34+,35+,36+,37+,38-/m1/s1. The minimum atomic E-state index is -1.88. The first-order valence-electron chi connectivity index (χ1n) is 17.9. The third-order valence-corrected chi connectivity index (χ3v) is 20.2. The molecule has 238 valence electrons. The van der Waals surface area contributed by atoms with Gasteiger partial charge in [-0.1, -0.05) is 86.1 Å². The van der Waals surface area contributed by atoms with E-state index < -0.39 is 8.32 Å². The van der Waals surface area contributed by atoms with Gasteiger partial charge in [0.2, 0.25) is 8.32 Å². The molecule has 0 heterocycles. The Morgan fingerprint density at radius 3 is 2.26 bits per heavy atom. The number of fused-ring (bicyclic) bond motifs is 5. The molecule has 4 heteroatoms. The van der Waals surface area contributed by atoms with Gasteiger partial charge in [0.05, 0.1) is 6.10 Å². The maximum Gasteiger partial charge on any atom is 0.302 e. The molecule has 0 aromatic rings. The predicted molar refractivity (Wildman–Crippen MR) is 178 cm³/mol. The fourth-order valence-corrected chi connectivity index (χ4v) is 17.9. The normalized spacial score (nSPS) is 40.6. The molecule has 3 fully saturated rings. The molecule has 0 aromatic carbocycles. The number of hydrogen-bond donors (Lipinski definition) is 0. The van der Waals surface area contributed by atoms with Crippen LogP contribution in [0.2, 0.25) is 16.6 Å². The first-order valence-corrected chi connectivity index (χ1v) is 20.1. The van der Waals surface area contributed by atoms with E-state index in [1.54, 1.807) is 12.5 Å². The molecule has 0 aliphatic heterocycles. The Balaban J connectivity index is 1.28. The van der Waals surface area contributed by atoms with Crippen molar-refractivity contribution in [2.75, 3.05) is 0 Å². The zero-order valence-electron chi connectivity index (χ0n) is 28.9. The Labute approximate surface area is 260 Å². The van der Waals surface area contributed by atoms with Gasteiger partial charge in [-0.3, -0.25) is 4.79 Å². The highest BCUT2D eigenvalue weighted by Crippen LogP contribution is 2.67. The van der Waals surface area contributed by atoms with Crippen molar-refractivity contribution in [1.29, 1.82) is 0 Å². The van der Waals surface area contributed by atoms with Crippen molar-refractivity contribution in [2.45, 2.75) is 162 Å². The maximum atomic E-state index is 11.6. The summed E-state index contributed by atoms with van der Waals surface area (Å²) < 4.78 is 13.1. The molecule has 5 rings (SSSR count). The van der Waals surface area contributed by atoms with E-state index in [1.807, 2.05) is 0 Å². The number of carbonyl (C=O) groups excluding carboxylic acids is 1. The summed E-state index contributed by atoms with van der Waals surface area (Å²) in [7, 11) is -1.88. The summed E-state index contributed by atoms with van der Waals surface area (Å²) in [6, 6.07) is 0. The monoisotopic (exact) mass is 596 g/mol. The first-order chi connectivity index (χ1) is 19.7. The molecule has 0 bridgehead atoms. The molecule has 0 aromatic heterocycles. The average Bonchev–Trinajstić information content (AvgIpc) is 3.49. The van der Waals surface area contributed by atoms with Crippen molar-refractivity contribution in [1.82, 2.24) is 0 Å². The Kier molecular flexibility index (Phi) is 9.40. The molecular formula is C38H64O3Si. The Morgan fingerprint density at radius 2 is 1.62 bits per heavy atom. The number of esters is 1. The molecule has 0 N–H and O–H groups in total. The van der Waals surface area contributed by atoms with Crippen molar-refractivity contribution >= 4 is 14.3 Å². The van der Waals surface area contributed by atoms with Crippen LogP contribution in [0.25, 0.3) is 0 Å². The van der Waals surface area contributed by atoms with Crippen LogP contribution in [0, 0.1) is 46.3 Å². The van der Waals surface area contributed by atoms with Crippen molar-refractivity contribution in [2.24, 2.45) is 46.3 Å². The van der Waals surface area contributed by atoms with Crippen LogP contribution in [0.5, 0.6) is 0 Å². The van der Waals surface area contributed by atoms with Gasteiger partial charge in [-0.15, -0.1) is 0 Å². The van der Waals surface area contributed by atoms with Crippen LogP contribution in [0.4, 0.5) is 0 Å². The average molecular weight is 597 g/mol. The largest absolute Gasteiger partial charge is 0.462 e. The lowest BCUT2D eigenvalue weighted by molar-refractivity contribution is -0.148. The fourth-order valence-electron chi connectivity index (χ4n) is 12.3. The molecular weight excluding hydrogens is 533 g/mol. The van der Waals surface area contributed by atoms with Gasteiger partial charge < -0.3 is 9.16 Å². The molecule has 10 atom stereocenters. The summed E-state index contributed by atoms with van der Waals surface area (Å²) in [6.07, 6.45) is 20.5. The highest BCUT2D eigenvalue weighted by atomic mass is 28.4. The van der Waals surface area contributed by atoms with Crippen molar-refractivity contribution in [3.05, 3.63) is 23.8 Å². The highest BCUT2D eigenvalue weighted by molar-refractivity contribution is 6.77. The molecule has 0 saturated heterocycles. The number of rotatable bonds is 9. The molecule has 0 amide bonds. The lowest BCUT2D eigenvalue weighted by Crippen LogP contribution is -2.51. The van der Waals surface area contributed by atoms with Crippen LogP contribution in [-0.2, 0) is 14.0 Å². The van der Waals surface area contributed by atoms with E-state index in [1.165, 1.54) is 44.9 Å². The third kappa shape index (κ3) is 5.45. The summed E-state index contributed by atoms with van der Waals surface area (Å²) in [6.45, 7) is 24.0. The second kappa shape index (κ2) is 12.1. The highest BCUT2D eigenvalue weighted by Gasteiger charge is 2.59. The van der Waals surface area contributed by atoms with E-state index in [-0.39, 0.29) is 12.1 Å². The van der Waals surface area contributed by atoms with Crippen LogP contribution in [0.1, 0.15) is 133 Å². The topological polar surface area (TPSA) is 35.5 Å². The van der Waals surface area contributed by atoms with Gasteiger partial charge in [-0.05, 0) is 115 Å². The number of hydrogen-bond acceptors (Lipinski definition) is 3. The zero-order chi connectivity index (χ0) is 30.6. The molecule has 3 nitrogen and oxygen atoms in total. The summed E-state index contributed by atoms with van der Waals surface area (Å²) >= 11 is 0. The fraction of sp³-hybridized carbons (Fsp3) is 0.868. The number of allylic oxidation sites excluding steroid dienone is 1. The number of ether oxygens (including phenoxy) is 1. The quantitative estimate of drug-likeness (QED) is 0.151. The summed E-state index contributed by atoms with van der Waals surface area (Å²) in [4.78, 5) is 11.6. The molecule has 3 saturated carbocycles. The van der Waals surface area contributed by atoms with Crippen molar-refractivity contribution in [3.63, 3.8) is 0 Å². The van der Waals surface area contributed by atoms with Gasteiger partial charge in [0.25, 0.3) is 0 Å². The van der Waals surface area contributed by atoms with Gasteiger partial charge in [0, 0.05) is 19.3 Å². The second-order valence-electron chi connectivity index (χ2n) is 17.0. The van der Waals surface area contributed by atoms with Gasteiger partial charge >= 0.3 is 5.97 Å². The minimum absolute atomic E-state index is 0.0934.